The molecule has 2 N–H and O–H groups in total. The smallest absolute Gasteiger partial charge is 0.310 e. The van der Waals surface area contributed by atoms with E-state index in [2.05, 4.69) is 0 Å². The summed E-state index contributed by atoms with van der Waals surface area (Å²) >= 11 is 5.98. The fourth-order valence-corrected chi connectivity index (χ4v) is 3.02. The Bertz CT molecular complexity index is 718. The summed E-state index contributed by atoms with van der Waals surface area (Å²) in [6, 6.07) is 10.8. The van der Waals surface area contributed by atoms with Crippen LogP contribution in [-0.4, -0.2) is 11.5 Å². The first-order valence-corrected chi connectivity index (χ1v) is 7.00. The number of halogens is 1. The molecule has 21 heavy (non-hydrogen) atoms. The molecule has 0 unspecified atom stereocenters. The van der Waals surface area contributed by atoms with Crippen LogP contribution in [0.1, 0.15) is 11.1 Å². The summed E-state index contributed by atoms with van der Waals surface area (Å²) in [7, 11) is 0. The van der Waals surface area contributed by atoms with Gasteiger partial charge in [-0.3, -0.25) is 10.1 Å². The van der Waals surface area contributed by atoms with Gasteiger partial charge in [-0.05, 0) is 35.7 Å². The van der Waals surface area contributed by atoms with Gasteiger partial charge in [0.1, 0.15) is 10.7 Å². The van der Waals surface area contributed by atoms with Gasteiger partial charge in [0.15, 0.2) is 0 Å². The van der Waals surface area contributed by atoms with E-state index in [9.17, 15) is 10.1 Å². The molecule has 0 atom stereocenters. The average Bonchev–Trinajstić information content (AvgIpc) is 2.46. The number of nitrogen functional groups attached to an aromatic ring is 1. The molecule has 0 aromatic heterocycles. The third-order valence-corrected chi connectivity index (χ3v) is 4.10. The number of nitrogens with zero attached hydrogens (tertiary/aromatic N) is 2. The highest BCUT2D eigenvalue weighted by molar-refractivity contribution is 6.33. The first-order chi connectivity index (χ1) is 10.1. The van der Waals surface area contributed by atoms with Gasteiger partial charge in [-0.2, -0.15) is 0 Å². The molecule has 0 aliphatic carbocycles. The van der Waals surface area contributed by atoms with Crippen LogP contribution in [0, 0.1) is 10.1 Å². The fourth-order valence-electron chi connectivity index (χ4n) is 2.78. The molecule has 0 amide bonds. The molecule has 3 rings (SSSR count). The Kier molecular flexibility index (Phi) is 3.43. The molecule has 1 heterocycles. The topological polar surface area (TPSA) is 72.4 Å². The molecule has 0 fully saturated rings. The summed E-state index contributed by atoms with van der Waals surface area (Å²) in [6.45, 7) is 1.28. The molecule has 1 aliphatic heterocycles. The molecule has 0 saturated carbocycles. The fraction of sp³-hybridized carbons (Fsp3) is 0.200. The normalized spacial score (nSPS) is 13.9. The highest BCUT2D eigenvalue weighted by atomic mass is 35.5. The first kappa shape index (κ1) is 13.7. The summed E-state index contributed by atoms with van der Waals surface area (Å²) in [6.07, 6.45) is 0.770. The van der Waals surface area contributed by atoms with Crippen LogP contribution in [0.2, 0.25) is 5.02 Å². The number of nitro groups is 1. The lowest BCUT2D eigenvalue weighted by atomic mass is 9.97. The highest BCUT2D eigenvalue weighted by Gasteiger charge is 2.26. The van der Waals surface area contributed by atoms with E-state index in [1.54, 1.807) is 18.2 Å². The van der Waals surface area contributed by atoms with Crippen molar-refractivity contribution >= 4 is 28.7 Å². The van der Waals surface area contributed by atoms with E-state index in [-0.39, 0.29) is 10.7 Å². The van der Waals surface area contributed by atoms with Crippen molar-refractivity contribution < 1.29 is 4.92 Å². The van der Waals surface area contributed by atoms with Crippen LogP contribution in [-0.2, 0) is 13.0 Å². The number of para-hydroxylation sites is 1. The zero-order chi connectivity index (χ0) is 15.0. The quantitative estimate of drug-likeness (QED) is 0.524. The molecule has 0 saturated heterocycles. The Labute approximate surface area is 127 Å². The van der Waals surface area contributed by atoms with Gasteiger partial charge in [-0.1, -0.05) is 29.8 Å². The molecular formula is C15H14ClN3O2. The van der Waals surface area contributed by atoms with Crippen molar-refractivity contribution in [3.05, 3.63) is 62.7 Å². The summed E-state index contributed by atoms with van der Waals surface area (Å²) < 4.78 is 0. The van der Waals surface area contributed by atoms with Crippen molar-refractivity contribution in [3.8, 4) is 0 Å². The summed E-state index contributed by atoms with van der Waals surface area (Å²) in [4.78, 5) is 12.8. The summed E-state index contributed by atoms with van der Waals surface area (Å²) in [5.74, 6) is 0. The average molecular weight is 304 g/mol. The third kappa shape index (κ3) is 2.40. The van der Waals surface area contributed by atoms with Crippen molar-refractivity contribution in [2.24, 2.45) is 0 Å². The predicted octanol–water partition coefficient (Wildman–Crippen LogP) is 3.39. The van der Waals surface area contributed by atoms with Crippen LogP contribution in [0.15, 0.2) is 36.4 Å². The maximum Gasteiger partial charge on any atom is 0.310 e. The zero-order valence-electron chi connectivity index (χ0n) is 11.3. The van der Waals surface area contributed by atoms with Crippen LogP contribution >= 0.6 is 11.6 Å². The van der Waals surface area contributed by atoms with Gasteiger partial charge >= 0.3 is 5.69 Å². The lowest BCUT2D eigenvalue weighted by Gasteiger charge is -2.31. The molecule has 1 aliphatic rings. The van der Waals surface area contributed by atoms with Crippen LogP contribution in [0.3, 0.4) is 0 Å². The molecule has 5 nitrogen and oxygen atoms in total. The molecular weight excluding hydrogens is 290 g/mol. The molecule has 2 aromatic rings. The van der Waals surface area contributed by atoms with Crippen molar-refractivity contribution in [1.82, 2.24) is 0 Å². The number of hydrogen-bond donors (Lipinski definition) is 1. The van der Waals surface area contributed by atoms with Crippen molar-refractivity contribution in [1.29, 1.82) is 0 Å². The molecule has 2 aromatic carbocycles. The summed E-state index contributed by atoms with van der Waals surface area (Å²) in [5, 5.41) is 11.4. The van der Waals surface area contributed by atoms with Crippen LogP contribution in [0.25, 0.3) is 0 Å². The Hall–Kier alpha value is -2.27. The molecule has 0 spiro atoms. The van der Waals surface area contributed by atoms with Crippen LogP contribution < -0.4 is 10.6 Å². The predicted molar refractivity (Wildman–Crippen MR) is 83.7 cm³/mol. The van der Waals surface area contributed by atoms with E-state index < -0.39 is 4.92 Å². The van der Waals surface area contributed by atoms with Gasteiger partial charge in [-0.15, -0.1) is 0 Å². The number of hydrogen-bond acceptors (Lipinski definition) is 4. The van der Waals surface area contributed by atoms with Gasteiger partial charge in [0.05, 0.1) is 4.92 Å². The Balaban J connectivity index is 2.01. The largest absolute Gasteiger partial charge is 0.398 e. The van der Waals surface area contributed by atoms with Crippen molar-refractivity contribution in [2.45, 2.75) is 13.0 Å². The Morgan fingerprint density at radius 1 is 1.24 bits per heavy atom. The lowest BCUT2D eigenvalue weighted by molar-refractivity contribution is -0.384. The minimum Gasteiger partial charge on any atom is -0.398 e. The Morgan fingerprint density at radius 2 is 2.00 bits per heavy atom. The SMILES string of the molecule is Nc1cccc2c1CCN(c1cccc(Cl)c1[N+](=O)[O-])C2. The minimum atomic E-state index is -0.424. The third-order valence-electron chi connectivity index (χ3n) is 3.79. The molecule has 0 bridgehead atoms. The van der Waals surface area contributed by atoms with E-state index in [4.69, 9.17) is 17.3 Å². The van der Waals surface area contributed by atoms with Crippen LogP contribution in [0.4, 0.5) is 17.1 Å². The molecule has 0 radical (unpaired) electrons. The van der Waals surface area contributed by atoms with Crippen molar-refractivity contribution in [3.63, 3.8) is 0 Å². The lowest BCUT2D eigenvalue weighted by Crippen LogP contribution is -2.31. The standard InChI is InChI=1S/C15H14ClN3O2/c16-12-4-2-6-14(15(12)19(20)21)18-8-7-11-10(9-18)3-1-5-13(11)17/h1-6H,7-9,17H2. The number of benzene rings is 2. The van der Waals surface area contributed by atoms with Gasteiger partial charge < -0.3 is 10.6 Å². The number of nitrogens with two attached hydrogens (primary N) is 1. The number of nitro benzene ring substituents is 1. The van der Waals surface area contributed by atoms with Gasteiger partial charge in [0, 0.05) is 18.8 Å². The molecule has 108 valence electrons. The second-order valence-electron chi connectivity index (χ2n) is 5.02. The second kappa shape index (κ2) is 5.26. The summed E-state index contributed by atoms with van der Waals surface area (Å²) in [5.41, 5.74) is 9.53. The van der Waals surface area contributed by atoms with Gasteiger partial charge in [0.25, 0.3) is 0 Å². The van der Waals surface area contributed by atoms with Crippen molar-refractivity contribution in [2.75, 3.05) is 17.2 Å². The monoisotopic (exact) mass is 303 g/mol. The zero-order valence-corrected chi connectivity index (χ0v) is 12.0. The highest BCUT2D eigenvalue weighted by Crippen LogP contribution is 2.37. The maximum atomic E-state index is 11.3. The van der Waals surface area contributed by atoms with E-state index in [0.29, 0.717) is 18.8 Å². The number of anilines is 2. The molecule has 6 heteroatoms. The first-order valence-electron chi connectivity index (χ1n) is 6.62. The van der Waals surface area contributed by atoms with E-state index >= 15 is 0 Å². The Morgan fingerprint density at radius 3 is 2.76 bits per heavy atom. The van der Waals surface area contributed by atoms with Gasteiger partial charge in [-0.25, -0.2) is 0 Å². The van der Waals surface area contributed by atoms with E-state index in [1.165, 1.54) is 0 Å². The second-order valence-corrected chi connectivity index (χ2v) is 5.43. The van der Waals surface area contributed by atoms with Crippen LogP contribution in [0.5, 0.6) is 0 Å². The van der Waals surface area contributed by atoms with E-state index in [0.717, 1.165) is 23.2 Å². The number of rotatable bonds is 2. The van der Waals surface area contributed by atoms with E-state index in [1.807, 2.05) is 23.1 Å². The maximum absolute atomic E-state index is 11.3. The minimum absolute atomic E-state index is 0.0356. The number of fused-ring (bicyclic) bond motifs is 1. The van der Waals surface area contributed by atoms with Gasteiger partial charge in [0.2, 0.25) is 0 Å².